The highest BCUT2D eigenvalue weighted by molar-refractivity contribution is 5.44. The van der Waals surface area contributed by atoms with E-state index >= 15 is 0 Å². The average molecular weight is 421 g/mol. The van der Waals surface area contributed by atoms with Gasteiger partial charge >= 0.3 is 6.18 Å². The number of halogens is 3. The molecule has 1 saturated heterocycles. The standard InChI is InChI=1S/C24H31F3N2O/c1-3-4-14-29-15-13-23(18-5-9-21(28-2)10-6-18)19(16-29)17-30-22-11-7-20(8-12-22)24(25,26)27/h5-12,19,23,28H,3-4,13-17H2,1-2H3. The Morgan fingerprint density at radius 3 is 2.37 bits per heavy atom. The van der Waals surface area contributed by atoms with Crippen LogP contribution in [0.15, 0.2) is 48.5 Å². The summed E-state index contributed by atoms with van der Waals surface area (Å²) in [5.74, 6) is 1.15. The van der Waals surface area contributed by atoms with E-state index in [0.29, 0.717) is 24.2 Å². The van der Waals surface area contributed by atoms with Crippen molar-refractivity contribution < 1.29 is 17.9 Å². The highest BCUT2D eigenvalue weighted by Gasteiger charge is 2.32. The van der Waals surface area contributed by atoms with Gasteiger partial charge in [0.2, 0.25) is 0 Å². The lowest BCUT2D eigenvalue weighted by atomic mass is 9.80. The highest BCUT2D eigenvalue weighted by atomic mass is 19.4. The maximum absolute atomic E-state index is 12.8. The van der Waals surface area contributed by atoms with Crippen LogP contribution >= 0.6 is 0 Å². The predicted molar refractivity (Wildman–Crippen MR) is 115 cm³/mol. The van der Waals surface area contributed by atoms with Gasteiger partial charge in [-0.25, -0.2) is 0 Å². The van der Waals surface area contributed by atoms with Gasteiger partial charge in [0.15, 0.2) is 0 Å². The van der Waals surface area contributed by atoms with Crippen LogP contribution in [0.3, 0.4) is 0 Å². The molecule has 1 heterocycles. The monoisotopic (exact) mass is 420 g/mol. The molecule has 1 N–H and O–H groups in total. The predicted octanol–water partition coefficient (Wildman–Crippen LogP) is 6.03. The van der Waals surface area contributed by atoms with E-state index in [9.17, 15) is 13.2 Å². The second-order valence-electron chi connectivity index (χ2n) is 8.01. The molecular weight excluding hydrogens is 389 g/mol. The van der Waals surface area contributed by atoms with Gasteiger partial charge < -0.3 is 15.0 Å². The highest BCUT2D eigenvalue weighted by Crippen LogP contribution is 2.35. The molecule has 0 spiro atoms. The van der Waals surface area contributed by atoms with Crippen LogP contribution in [0.2, 0.25) is 0 Å². The zero-order valence-electron chi connectivity index (χ0n) is 17.7. The first kappa shape index (κ1) is 22.5. The van der Waals surface area contributed by atoms with Gasteiger partial charge in [0.25, 0.3) is 0 Å². The molecule has 0 aromatic heterocycles. The number of rotatable bonds is 8. The summed E-state index contributed by atoms with van der Waals surface area (Å²) >= 11 is 0. The van der Waals surface area contributed by atoms with Crippen LogP contribution in [0.25, 0.3) is 0 Å². The summed E-state index contributed by atoms with van der Waals surface area (Å²) in [6, 6.07) is 13.5. The first-order valence-electron chi connectivity index (χ1n) is 10.7. The van der Waals surface area contributed by atoms with E-state index in [-0.39, 0.29) is 0 Å². The summed E-state index contributed by atoms with van der Waals surface area (Å²) < 4.78 is 44.3. The fourth-order valence-corrected chi connectivity index (χ4v) is 4.14. The van der Waals surface area contributed by atoms with E-state index < -0.39 is 11.7 Å². The summed E-state index contributed by atoms with van der Waals surface area (Å²) in [6.45, 7) is 5.78. The number of nitrogens with one attached hydrogen (secondary N) is 1. The Morgan fingerprint density at radius 1 is 1.07 bits per heavy atom. The third-order valence-electron chi connectivity index (χ3n) is 5.92. The van der Waals surface area contributed by atoms with Crippen molar-refractivity contribution in [3.8, 4) is 5.75 Å². The summed E-state index contributed by atoms with van der Waals surface area (Å²) in [5, 5.41) is 3.15. The minimum atomic E-state index is -4.33. The van der Waals surface area contributed by atoms with Crippen LogP contribution in [-0.2, 0) is 6.18 Å². The van der Waals surface area contributed by atoms with Gasteiger partial charge in [-0.15, -0.1) is 0 Å². The van der Waals surface area contributed by atoms with Gasteiger partial charge in [0, 0.05) is 25.2 Å². The second-order valence-corrected chi connectivity index (χ2v) is 8.01. The number of piperidine rings is 1. The van der Waals surface area contributed by atoms with Gasteiger partial charge in [-0.1, -0.05) is 25.5 Å². The van der Waals surface area contributed by atoms with Crippen molar-refractivity contribution in [3.63, 3.8) is 0 Å². The molecule has 0 aliphatic carbocycles. The largest absolute Gasteiger partial charge is 0.493 e. The van der Waals surface area contributed by atoms with Gasteiger partial charge in [0.1, 0.15) is 5.75 Å². The second kappa shape index (κ2) is 10.2. The zero-order valence-corrected chi connectivity index (χ0v) is 17.7. The Morgan fingerprint density at radius 2 is 1.77 bits per heavy atom. The van der Waals surface area contributed by atoms with Crippen LogP contribution < -0.4 is 10.1 Å². The number of benzene rings is 2. The first-order valence-corrected chi connectivity index (χ1v) is 10.7. The number of hydrogen-bond donors (Lipinski definition) is 1. The van der Waals surface area contributed by atoms with Gasteiger partial charge in [-0.05, 0) is 73.8 Å². The van der Waals surface area contributed by atoms with Crippen molar-refractivity contribution in [2.75, 3.05) is 38.6 Å². The minimum Gasteiger partial charge on any atom is -0.493 e. The van der Waals surface area contributed by atoms with Crippen LogP contribution in [0.4, 0.5) is 18.9 Å². The van der Waals surface area contributed by atoms with E-state index in [0.717, 1.165) is 50.3 Å². The number of hydrogen-bond acceptors (Lipinski definition) is 3. The molecule has 1 aliphatic rings. The molecule has 3 nitrogen and oxygen atoms in total. The molecule has 2 unspecified atom stereocenters. The van der Waals surface area contributed by atoms with E-state index in [1.165, 1.54) is 24.1 Å². The van der Waals surface area contributed by atoms with Crippen molar-refractivity contribution in [1.82, 2.24) is 4.90 Å². The number of likely N-dealkylation sites (tertiary alicyclic amines) is 1. The van der Waals surface area contributed by atoms with Gasteiger partial charge in [-0.3, -0.25) is 0 Å². The lowest BCUT2D eigenvalue weighted by Gasteiger charge is -2.39. The molecule has 2 aromatic rings. The maximum atomic E-state index is 12.8. The van der Waals surface area contributed by atoms with Crippen LogP contribution in [0.1, 0.15) is 43.2 Å². The van der Waals surface area contributed by atoms with E-state index in [1.807, 2.05) is 7.05 Å². The first-order chi connectivity index (χ1) is 14.4. The molecule has 30 heavy (non-hydrogen) atoms. The molecule has 1 fully saturated rings. The Bertz CT molecular complexity index is 775. The molecule has 0 saturated carbocycles. The lowest BCUT2D eigenvalue weighted by molar-refractivity contribution is -0.137. The Balaban J connectivity index is 1.69. The maximum Gasteiger partial charge on any atom is 0.416 e. The van der Waals surface area contributed by atoms with Crippen molar-refractivity contribution in [2.24, 2.45) is 5.92 Å². The molecule has 2 aromatic carbocycles. The molecule has 2 atom stereocenters. The molecule has 164 valence electrons. The van der Waals surface area contributed by atoms with E-state index in [2.05, 4.69) is 41.4 Å². The number of nitrogens with zero attached hydrogens (tertiary/aromatic N) is 1. The average Bonchev–Trinajstić information content (AvgIpc) is 2.76. The fourth-order valence-electron chi connectivity index (χ4n) is 4.14. The molecule has 0 amide bonds. The molecule has 0 radical (unpaired) electrons. The van der Waals surface area contributed by atoms with Crippen molar-refractivity contribution in [3.05, 3.63) is 59.7 Å². The summed E-state index contributed by atoms with van der Waals surface area (Å²) in [5.41, 5.74) is 1.72. The zero-order chi connectivity index (χ0) is 21.6. The third kappa shape index (κ3) is 5.91. The van der Waals surface area contributed by atoms with Crippen molar-refractivity contribution in [2.45, 2.75) is 38.3 Å². The molecule has 3 rings (SSSR count). The lowest BCUT2D eigenvalue weighted by Crippen LogP contribution is -2.42. The number of alkyl halides is 3. The van der Waals surface area contributed by atoms with Crippen LogP contribution in [-0.4, -0.2) is 38.2 Å². The van der Waals surface area contributed by atoms with E-state index in [4.69, 9.17) is 4.74 Å². The number of anilines is 1. The van der Waals surface area contributed by atoms with Gasteiger partial charge in [-0.2, -0.15) is 13.2 Å². The Hall–Kier alpha value is -2.21. The third-order valence-corrected chi connectivity index (χ3v) is 5.92. The number of ether oxygens (including phenoxy) is 1. The fraction of sp³-hybridized carbons (Fsp3) is 0.500. The summed E-state index contributed by atoms with van der Waals surface area (Å²) in [7, 11) is 1.90. The molecular formula is C24H31F3N2O. The molecule has 1 aliphatic heterocycles. The van der Waals surface area contributed by atoms with Gasteiger partial charge in [0.05, 0.1) is 12.2 Å². The van der Waals surface area contributed by atoms with Crippen molar-refractivity contribution >= 4 is 5.69 Å². The van der Waals surface area contributed by atoms with Crippen LogP contribution in [0.5, 0.6) is 5.75 Å². The topological polar surface area (TPSA) is 24.5 Å². The number of unbranched alkanes of at least 4 members (excludes halogenated alkanes) is 1. The normalized spacial score (nSPS) is 20.2. The Labute approximate surface area is 177 Å². The molecule has 6 heteroatoms. The molecule has 0 bridgehead atoms. The smallest absolute Gasteiger partial charge is 0.416 e. The van der Waals surface area contributed by atoms with Crippen LogP contribution in [0, 0.1) is 5.92 Å². The quantitative estimate of drug-likeness (QED) is 0.564. The summed E-state index contributed by atoms with van der Waals surface area (Å²) in [6.07, 6.45) is -0.928. The van der Waals surface area contributed by atoms with E-state index in [1.54, 1.807) is 0 Å². The van der Waals surface area contributed by atoms with Crippen molar-refractivity contribution in [1.29, 1.82) is 0 Å². The Kier molecular flexibility index (Phi) is 7.64. The SMILES string of the molecule is CCCCN1CCC(c2ccc(NC)cc2)C(COc2ccc(C(F)(F)F)cc2)C1. The summed E-state index contributed by atoms with van der Waals surface area (Å²) in [4.78, 5) is 2.49. The minimum absolute atomic E-state index is 0.290.